The highest BCUT2D eigenvalue weighted by Gasteiger charge is 2.37. The maximum Gasteiger partial charge on any atom is 0.264 e. The summed E-state index contributed by atoms with van der Waals surface area (Å²) in [5.74, 6) is -0.442. The zero-order valence-electron chi connectivity index (χ0n) is 12.5. The van der Waals surface area contributed by atoms with Crippen LogP contribution >= 0.6 is 0 Å². The van der Waals surface area contributed by atoms with Crippen LogP contribution in [0.1, 0.15) is 12.8 Å². The Bertz CT molecular complexity index is 832. The largest absolute Gasteiger partial charge is 0.365 e. The monoisotopic (exact) mass is 332 g/mol. The van der Waals surface area contributed by atoms with Gasteiger partial charge in [0.1, 0.15) is 5.82 Å². The average Bonchev–Trinajstić information content (AvgIpc) is 3.39. The first-order valence-corrected chi connectivity index (χ1v) is 9.15. The number of nitrogens with zero attached hydrogens (tertiary/aromatic N) is 2. The van der Waals surface area contributed by atoms with Crippen LogP contribution in [0.3, 0.4) is 0 Å². The molecule has 4 rings (SSSR count). The summed E-state index contributed by atoms with van der Waals surface area (Å²) in [4.78, 5) is 2.42. The summed E-state index contributed by atoms with van der Waals surface area (Å²) < 4.78 is 40.4. The minimum Gasteiger partial charge on any atom is -0.365 e. The molecule has 23 heavy (non-hydrogen) atoms. The standard InChI is InChI=1S/C17H17FN2O2S/c18-13-5-9-15(10-6-13)23(21,22)20-12-11-19(14-7-8-14)16-3-1-2-4-17(16)20/h1-6,9-10,14H,7-8,11-12H2. The lowest BCUT2D eigenvalue weighted by atomic mass is 10.2. The number of anilines is 2. The summed E-state index contributed by atoms with van der Waals surface area (Å²) >= 11 is 0. The van der Waals surface area contributed by atoms with Gasteiger partial charge < -0.3 is 4.90 Å². The molecule has 0 radical (unpaired) electrons. The van der Waals surface area contributed by atoms with Crippen molar-refractivity contribution >= 4 is 21.4 Å². The van der Waals surface area contributed by atoms with Gasteiger partial charge in [-0.1, -0.05) is 12.1 Å². The lowest BCUT2D eigenvalue weighted by Crippen LogP contribution is -2.44. The lowest BCUT2D eigenvalue weighted by Gasteiger charge is -2.38. The van der Waals surface area contributed by atoms with Crippen molar-refractivity contribution < 1.29 is 12.8 Å². The number of rotatable bonds is 3. The van der Waals surface area contributed by atoms with Gasteiger partial charge >= 0.3 is 0 Å². The van der Waals surface area contributed by atoms with Gasteiger partial charge in [0.25, 0.3) is 10.0 Å². The van der Waals surface area contributed by atoms with Gasteiger partial charge in [-0.25, -0.2) is 12.8 Å². The molecular weight excluding hydrogens is 315 g/mol. The SMILES string of the molecule is O=S(=O)(c1ccc(F)cc1)N1CCN(C2CC2)c2ccccc21. The molecule has 120 valence electrons. The molecule has 0 saturated heterocycles. The van der Waals surface area contributed by atoms with E-state index in [1.807, 2.05) is 24.3 Å². The van der Waals surface area contributed by atoms with Crippen molar-refractivity contribution in [2.75, 3.05) is 22.3 Å². The summed E-state index contributed by atoms with van der Waals surface area (Å²) in [6, 6.07) is 13.1. The van der Waals surface area contributed by atoms with Crippen LogP contribution in [-0.4, -0.2) is 27.5 Å². The van der Waals surface area contributed by atoms with E-state index in [1.54, 1.807) is 0 Å². The molecule has 4 nitrogen and oxygen atoms in total. The Kier molecular flexibility index (Phi) is 3.30. The molecule has 0 N–H and O–H groups in total. The van der Waals surface area contributed by atoms with Crippen molar-refractivity contribution in [1.29, 1.82) is 0 Å². The van der Waals surface area contributed by atoms with Gasteiger partial charge in [0, 0.05) is 12.6 Å². The van der Waals surface area contributed by atoms with Crippen LogP contribution < -0.4 is 9.21 Å². The molecule has 1 fully saturated rings. The first-order valence-electron chi connectivity index (χ1n) is 7.71. The summed E-state index contributed by atoms with van der Waals surface area (Å²) in [6.45, 7) is 1.09. The molecule has 1 saturated carbocycles. The maximum absolute atomic E-state index is 13.1. The Balaban J connectivity index is 1.77. The van der Waals surface area contributed by atoms with Gasteiger partial charge in [0.05, 0.1) is 22.8 Å². The van der Waals surface area contributed by atoms with Gasteiger partial charge in [-0.15, -0.1) is 0 Å². The predicted molar refractivity (Wildman–Crippen MR) is 87.7 cm³/mol. The van der Waals surface area contributed by atoms with E-state index < -0.39 is 15.8 Å². The van der Waals surface area contributed by atoms with Crippen LogP contribution in [-0.2, 0) is 10.0 Å². The van der Waals surface area contributed by atoms with Crippen molar-refractivity contribution in [3.05, 3.63) is 54.3 Å². The van der Waals surface area contributed by atoms with E-state index in [0.717, 1.165) is 5.69 Å². The van der Waals surface area contributed by atoms with Crippen LogP contribution in [0.25, 0.3) is 0 Å². The Morgan fingerprint density at radius 3 is 2.22 bits per heavy atom. The zero-order valence-corrected chi connectivity index (χ0v) is 13.3. The Hall–Kier alpha value is -2.08. The van der Waals surface area contributed by atoms with E-state index in [-0.39, 0.29) is 4.90 Å². The van der Waals surface area contributed by atoms with Gasteiger partial charge in [-0.2, -0.15) is 0 Å². The highest BCUT2D eigenvalue weighted by atomic mass is 32.2. The Labute approximate surface area is 135 Å². The highest BCUT2D eigenvalue weighted by Crippen LogP contribution is 2.41. The minimum atomic E-state index is -3.68. The third-order valence-corrected chi connectivity index (χ3v) is 6.22. The molecule has 2 aromatic carbocycles. The second-order valence-electron chi connectivity index (χ2n) is 5.94. The molecule has 0 amide bonds. The highest BCUT2D eigenvalue weighted by molar-refractivity contribution is 7.92. The van der Waals surface area contributed by atoms with Gasteiger partial charge in [0.15, 0.2) is 0 Å². The summed E-state index contributed by atoms with van der Waals surface area (Å²) in [7, 11) is -3.68. The van der Waals surface area contributed by atoms with Crippen molar-refractivity contribution in [3.63, 3.8) is 0 Å². The third-order valence-electron chi connectivity index (χ3n) is 4.39. The van der Waals surface area contributed by atoms with E-state index in [0.29, 0.717) is 24.8 Å². The topological polar surface area (TPSA) is 40.6 Å². The van der Waals surface area contributed by atoms with Gasteiger partial charge in [-0.05, 0) is 49.2 Å². The smallest absolute Gasteiger partial charge is 0.264 e. The zero-order chi connectivity index (χ0) is 16.0. The lowest BCUT2D eigenvalue weighted by molar-refractivity contribution is 0.587. The van der Waals surface area contributed by atoms with E-state index in [9.17, 15) is 12.8 Å². The fourth-order valence-corrected chi connectivity index (χ4v) is 4.58. The molecule has 1 aliphatic carbocycles. The molecule has 0 bridgehead atoms. The van der Waals surface area contributed by atoms with E-state index in [4.69, 9.17) is 0 Å². The summed E-state index contributed by atoms with van der Waals surface area (Å²) in [5, 5.41) is 0. The molecule has 0 aromatic heterocycles. The first kappa shape index (κ1) is 14.5. The fourth-order valence-electron chi connectivity index (χ4n) is 3.11. The van der Waals surface area contributed by atoms with Crippen molar-refractivity contribution in [2.24, 2.45) is 0 Å². The van der Waals surface area contributed by atoms with Crippen LogP contribution in [0.2, 0.25) is 0 Å². The molecule has 1 heterocycles. The molecule has 0 spiro atoms. The number of fused-ring (bicyclic) bond motifs is 1. The average molecular weight is 332 g/mol. The van der Waals surface area contributed by atoms with Gasteiger partial charge in [-0.3, -0.25) is 4.31 Å². The number of hydrogen-bond acceptors (Lipinski definition) is 3. The van der Waals surface area contributed by atoms with Crippen molar-refractivity contribution in [2.45, 2.75) is 23.8 Å². The number of hydrogen-bond donors (Lipinski definition) is 0. The van der Waals surface area contributed by atoms with E-state index in [1.165, 1.54) is 41.4 Å². The van der Waals surface area contributed by atoms with E-state index in [2.05, 4.69) is 4.90 Å². The van der Waals surface area contributed by atoms with Crippen LogP contribution in [0.5, 0.6) is 0 Å². The first-order chi connectivity index (χ1) is 11.1. The quantitative estimate of drug-likeness (QED) is 0.867. The molecule has 0 atom stereocenters. The maximum atomic E-state index is 13.1. The number of para-hydroxylation sites is 2. The molecule has 2 aromatic rings. The Morgan fingerprint density at radius 1 is 0.913 bits per heavy atom. The molecule has 2 aliphatic rings. The Morgan fingerprint density at radius 2 is 1.57 bits per heavy atom. The van der Waals surface area contributed by atoms with Crippen molar-refractivity contribution in [3.8, 4) is 0 Å². The second kappa shape index (κ2) is 5.23. The molecular formula is C17H17FN2O2S. The van der Waals surface area contributed by atoms with E-state index >= 15 is 0 Å². The minimum absolute atomic E-state index is 0.119. The van der Waals surface area contributed by atoms with Gasteiger partial charge in [0.2, 0.25) is 0 Å². The van der Waals surface area contributed by atoms with Crippen LogP contribution in [0.15, 0.2) is 53.4 Å². The summed E-state index contributed by atoms with van der Waals surface area (Å²) in [6.07, 6.45) is 2.33. The van der Waals surface area contributed by atoms with Crippen molar-refractivity contribution in [1.82, 2.24) is 0 Å². The van der Waals surface area contributed by atoms with Crippen LogP contribution in [0, 0.1) is 5.82 Å². The normalized spacial score (nSPS) is 18.0. The predicted octanol–water partition coefficient (Wildman–Crippen LogP) is 3.00. The number of benzene rings is 2. The molecule has 0 unspecified atom stereocenters. The number of halogens is 1. The third kappa shape index (κ3) is 2.47. The second-order valence-corrected chi connectivity index (χ2v) is 7.81. The molecule has 1 aliphatic heterocycles. The fraction of sp³-hybridized carbons (Fsp3) is 0.294. The molecule has 6 heteroatoms. The number of sulfonamides is 1. The van der Waals surface area contributed by atoms with Crippen LogP contribution in [0.4, 0.5) is 15.8 Å². The summed E-state index contributed by atoms with van der Waals surface area (Å²) in [5.41, 5.74) is 1.67.